The van der Waals surface area contributed by atoms with Gasteiger partial charge in [-0.05, 0) is 67.9 Å². The summed E-state index contributed by atoms with van der Waals surface area (Å²) < 4.78 is 11.1. The van der Waals surface area contributed by atoms with Gasteiger partial charge in [-0.15, -0.1) is 6.58 Å². The fourth-order valence-electron chi connectivity index (χ4n) is 5.32. The number of esters is 2. The number of aryl methyl sites for hydroxylation is 1. The van der Waals surface area contributed by atoms with Crippen molar-refractivity contribution >= 4 is 11.9 Å². The van der Waals surface area contributed by atoms with Gasteiger partial charge in [0.15, 0.2) is 0 Å². The first-order valence-electron chi connectivity index (χ1n) is 14.2. The van der Waals surface area contributed by atoms with E-state index in [2.05, 4.69) is 51.3 Å². The van der Waals surface area contributed by atoms with E-state index in [0.717, 1.165) is 44.9 Å². The number of benzene rings is 1. The van der Waals surface area contributed by atoms with Crippen LogP contribution in [0.2, 0.25) is 0 Å². The number of unbranched alkanes of at least 4 members (excludes halogenated alkanes) is 2. The third-order valence-electron chi connectivity index (χ3n) is 7.52. The van der Waals surface area contributed by atoms with Crippen molar-refractivity contribution in [2.45, 2.75) is 90.9 Å². The molecule has 2 N–H and O–H groups in total. The molecular weight excluding hydrogens is 480 g/mol. The number of ether oxygens (including phenoxy) is 2. The highest BCUT2D eigenvalue weighted by Crippen LogP contribution is 2.46. The van der Waals surface area contributed by atoms with E-state index >= 15 is 0 Å². The molecule has 0 spiro atoms. The van der Waals surface area contributed by atoms with E-state index in [1.807, 2.05) is 0 Å². The van der Waals surface area contributed by atoms with Gasteiger partial charge in [-0.1, -0.05) is 70.0 Å². The summed E-state index contributed by atoms with van der Waals surface area (Å²) in [5.41, 5.74) is 2.45. The molecule has 0 bridgehead atoms. The maximum atomic E-state index is 12.2. The fraction of sp³-hybridized carbons (Fsp3) is 0.625. The smallest absolute Gasteiger partial charge is 0.335 e. The second-order valence-electron chi connectivity index (χ2n) is 10.4. The molecule has 0 radical (unpaired) electrons. The molecule has 6 heteroatoms. The molecule has 0 aliphatic heterocycles. The quantitative estimate of drug-likeness (QED) is 0.120. The maximum absolute atomic E-state index is 12.2. The lowest BCUT2D eigenvalue weighted by Gasteiger charge is -2.43. The van der Waals surface area contributed by atoms with Crippen LogP contribution in [-0.2, 0) is 25.5 Å². The fourth-order valence-corrected chi connectivity index (χ4v) is 5.32. The molecular formula is C32H50O6. The molecule has 1 unspecified atom stereocenters. The minimum Gasteiger partial charge on any atom is -0.465 e. The van der Waals surface area contributed by atoms with Crippen molar-refractivity contribution in [2.75, 3.05) is 26.4 Å². The van der Waals surface area contributed by atoms with Crippen molar-refractivity contribution in [3.05, 3.63) is 60.2 Å². The number of carbonyl (C=O) groups is 2. The molecule has 1 atom stereocenters. The summed E-state index contributed by atoms with van der Waals surface area (Å²) in [4.78, 5) is 23.8. The van der Waals surface area contributed by atoms with Gasteiger partial charge in [-0.3, -0.25) is 4.79 Å². The summed E-state index contributed by atoms with van der Waals surface area (Å²) in [5, 5.41) is 17.0. The Kier molecular flexibility index (Phi) is 16.6. The zero-order valence-corrected chi connectivity index (χ0v) is 23.9. The molecule has 214 valence electrons. The molecule has 1 aromatic carbocycles. The van der Waals surface area contributed by atoms with E-state index in [-0.39, 0.29) is 31.4 Å². The third kappa shape index (κ3) is 11.5. The van der Waals surface area contributed by atoms with Crippen LogP contribution in [0, 0.1) is 11.3 Å². The van der Waals surface area contributed by atoms with Crippen LogP contribution in [0.3, 0.4) is 0 Å². The van der Waals surface area contributed by atoms with Crippen LogP contribution in [0.5, 0.6) is 0 Å². The first kappa shape index (κ1) is 33.6. The van der Waals surface area contributed by atoms with Crippen LogP contribution < -0.4 is 0 Å². The number of aliphatic hydroxyl groups excluding tert-OH is 2. The highest BCUT2D eigenvalue weighted by atomic mass is 16.5. The Balaban J connectivity index is 0.00000168. The summed E-state index contributed by atoms with van der Waals surface area (Å²) in [6.45, 7) is 12.6. The average Bonchev–Trinajstić information content (AvgIpc) is 2.94. The van der Waals surface area contributed by atoms with Gasteiger partial charge in [0.25, 0.3) is 0 Å². The van der Waals surface area contributed by atoms with Gasteiger partial charge >= 0.3 is 11.9 Å². The Morgan fingerprint density at radius 2 is 1.61 bits per heavy atom. The predicted molar refractivity (Wildman–Crippen MR) is 153 cm³/mol. The predicted octanol–water partition coefficient (Wildman–Crippen LogP) is 6.30. The van der Waals surface area contributed by atoms with E-state index in [4.69, 9.17) is 14.6 Å². The van der Waals surface area contributed by atoms with Crippen molar-refractivity contribution in [3.8, 4) is 0 Å². The lowest BCUT2D eigenvalue weighted by atomic mass is 9.64. The number of carbonyl (C=O) groups excluding carboxylic acids is 2. The molecule has 1 aromatic rings. The highest BCUT2D eigenvalue weighted by Gasteiger charge is 2.42. The Morgan fingerprint density at radius 3 is 2.11 bits per heavy atom. The van der Waals surface area contributed by atoms with Crippen LogP contribution in [0.1, 0.15) is 95.6 Å². The van der Waals surface area contributed by atoms with Crippen LogP contribution in [0.15, 0.2) is 49.1 Å². The summed E-state index contributed by atoms with van der Waals surface area (Å²) in [7, 11) is 0. The summed E-state index contributed by atoms with van der Waals surface area (Å²) in [6.07, 6.45) is 12.2. The molecule has 0 amide bonds. The van der Waals surface area contributed by atoms with Gasteiger partial charge in [0.05, 0.1) is 18.8 Å². The molecule has 1 fully saturated rings. The molecule has 1 aliphatic rings. The summed E-state index contributed by atoms with van der Waals surface area (Å²) in [6, 6.07) is 9.17. The lowest BCUT2D eigenvalue weighted by molar-refractivity contribution is -0.155. The Labute approximate surface area is 230 Å². The normalized spacial score (nSPS) is 18.3. The topological polar surface area (TPSA) is 93.1 Å². The van der Waals surface area contributed by atoms with Crippen molar-refractivity contribution < 1.29 is 29.3 Å². The minimum atomic E-state index is -0.585. The van der Waals surface area contributed by atoms with Gasteiger partial charge in [-0.2, -0.15) is 0 Å². The number of aliphatic hydroxyl groups is 2. The molecule has 38 heavy (non-hydrogen) atoms. The van der Waals surface area contributed by atoms with Gasteiger partial charge in [0, 0.05) is 12.3 Å². The number of hydrogen-bond acceptors (Lipinski definition) is 6. The first-order chi connectivity index (χ1) is 18.3. The van der Waals surface area contributed by atoms with Crippen molar-refractivity contribution in [2.24, 2.45) is 11.3 Å². The molecule has 0 heterocycles. The Morgan fingerprint density at radius 1 is 1.00 bits per heavy atom. The van der Waals surface area contributed by atoms with E-state index < -0.39 is 18.0 Å². The van der Waals surface area contributed by atoms with Gasteiger partial charge in [-0.25, -0.2) is 4.79 Å². The van der Waals surface area contributed by atoms with Crippen LogP contribution in [0.4, 0.5) is 0 Å². The molecule has 1 saturated carbocycles. The van der Waals surface area contributed by atoms with Crippen LogP contribution in [-0.4, -0.2) is 48.6 Å². The van der Waals surface area contributed by atoms with E-state index in [1.54, 1.807) is 0 Å². The van der Waals surface area contributed by atoms with Gasteiger partial charge in [0.1, 0.15) is 13.2 Å². The standard InChI is InChI=1S/C29H44O5.C3H6O/c1-5-7-8-9-24-10-12-25(13-11-24)26-14-16-27(17-15-26)29(18-6-2,20-33-23(4)31)21-34-28(32)22(3)19-30;1-2-3-4/h10-13,26-27,30H,3,5-9,14-21H2,1-2,4H3;2,4H,1,3H2. The van der Waals surface area contributed by atoms with Crippen LogP contribution >= 0.6 is 0 Å². The average molecular weight is 531 g/mol. The van der Waals surface area contributed by atoms with E-state index in [0.29, 0.717) is 11.8 Å². The van der Waals surface area contributed by atoms with Gasteiger partial charge < -0.3 is 19.7 Å². The Hall–Kier alpha value is -2.44. The zero-order valence-electron chi connectivity index (χ0n) is 23.9. The maximum Gasteiger partial charge on any atom is 0.335 e. The highest BCUT2D eigenvalue weighted by molar-refractivity contribution is 5.87. The SMILES string of the molecule is C=C(CO)C(=O)OCC(CCC)(COC(C)=O)C1CCC(c2ccc(CCCCC)cc2)CC1.C=CCO. The van der Waals surface area contributed by atoms with E-state index in [1.165, 1.54) is 43.4 Å². The van der Waals surface area contributed by atoms with E-state index in [9.17, 15) is 14.7 Å². The number of rotatable bonds is 15. The molecule has 2 rings (SSSR count). The first-order valence-corrected chi connectivity index (χ1v) is 14.2. The van der Waals surface area contributed by atoms with Crippen molar-refractivity contribution in [1.29, 1.82) is 0 Å². The largest absolute Gasteiger partial charge is 0.465 e. The Bertz CT molecular complexity index is 838. The second-order valence-corrected chi connectivity index (χ2v) is 10.4. The minimum absolute atomic E-state index is 0.0414. The molecule has 6 nitrogen and oxygen atoms in total. The molecule has 0 saturated heterocycles. The van der Waals surface area contributed by atoms with Gasteiger partial charge in [0.2, 0.25) is 0 Å². The summed E-state index contributed by atoms with van der Waals surface area (Å²) >= 11 is 0. The zero-order chi connectivity index (χ0) is 28.4. The van der Waals surface area contributed by atoms with Crippen molar-refractivity contribution in [3.63, 3.8) is 0 Å². The summed E-state index contributed by atoms with van der Waals surface area (Å²) in [5.74, 6) is -0.0740. The second kappa shape index (κ2) is 18.8. The molecule has 1 aliphatic carbocycles. The van der Waals surface area contributed by atoms with Crippen LogP contribution in [0.25, 0.3) is 0 Å². The molecule has 0 aromatic heterocycles. The monoisotopic (exact) mass is 530 g/mol. The third-order valence-corrected chi connectivity index (χ3v) is 7.52. The number of hydrogen-bond donors (Lipinski definition) is 2. The van der Waals surface area contributed by atoms with Crippen molar-refractivity contribution in [1.82, 2.24) is 0 Å². The lowest BCUT2D eigenvalue weighted by Crippen LogP contribution is -2.42.